The van der Waals surface area contributed by atoms with Crippen molar-refractivity contribution in [2.45, 2.75) is 25.4 Å². The SMILES string of the molecule is CCN1C(=O)[C@@H]2Cc3cc4c(cc3[C@@H](c3cc(OC)c(OC)c(OC)c3)N2C1=S)OCO4. The number of carbonyl (C=O) groups is 1. The summed E-state index contributed by atoms with van der Waals surface area (Å²) in [6.45, 7) is 2.63. The van der Waals surface area contributed by atoms with Gasteiger partial charge >= 0.3 is 0 Å². The quantitative estimate of drug-likeness (QED) is 0.637. The number of ether oxygens (including phenoxy) is 5. The first-order valence-electron chi connectivity index (χ1n) is 10.4. The Morgan fingerprint density at radius 2 is 1.69 bits per heavy atom. The Kier molecular flexibility index (Phi) is 5.00. The predicted octanol–water partition coefficient (Wildman–Crippen LogP) is 2.90. The summed E-state index contributed by atoms with van der Waals surface area (Å²) < 4.78 is 27.9. The number of methoxy groups -OCH3 is 3. The second-order valence-electron chi connectivity index (χ2n) is 7.76. The average molecular weight is 457 g/mol. The summed E-state index contributed by atoms with van der Waals surface area (Å²) in [4.78, 5) is 16.9. The molecule has 0 saturated carbocycles. The van der Waals surface area contributed by atoms with Crippen molar-refractivity contribution in [3.05, 3.63) is 41.0 Å². The van der Waals surface area contributed by atoms with Crippen LogP contribution >= 0.6 is 12.2 Å². The smallest absolute Gasteiger partial charge is 0.251 e. The third-order valence-corrected chi connectivity index (χ3v) is 6.71. The van der Waals surface area contributed by atoms with Crippen LogP contribution in [0.5, 0.6) is 28.7 Å². The molecular formula is C23H24N2O6S. The molecular weight excluding hydrogens is 432 g/mol. The molecule has 3 aliphatic rings. The van der Waals surface area contributed by atoms with Crippen LogP contribution in [0.25, 0.3) is 0 Å². The minimum atomic E-state index is -0.389. The fourth-order valence-electron chi connectivity index (χ4n) is 4.82. The van der Waals surface area contributed by atoms with Crippen molar-refractivity contribution in [2.24, 2.45) is 0 Å². The molecule has 1 amide bonds. The van der Waals surface area contributed by atoms with Gasteiger partial charge in [-0.25, -0.2) is 0 Å². The lowest BCUT2D eigenvalue weighted by Gasteiger charge is -2.39. The van der Waals surface area contributed by atoms with E-state index < -0.39 is 0 Å². The molecule has 8 nitrogen and oxygen atoms in total. The summed E-state index contributed by atoms with van der Waals surface area (Å²) in [6, 6.07) is 7.06. The molecule has 2 aromatic rings. The summed E-state index contributed by atoms with van der Waals surface area (Å²) in [5.74, 6) is 2.97. The number of fused-ring (bicyclic) bond motifs is 3. The van der Waals surface area contributed by atoms with Gasteiger partial charge in [-0.1, -0.05) is 0 Å². The highest BCUT2D eigenvalue weighted by atomic mass is 32.1. The van der Waals surface area contributed by atoms with Gasteiger partial charge in [0.25, 0.3) is 5.91 Å². The monoisotopic (exact) mass is 456 g/mol. The molecule has 32 heavy (non-hydrogen) atoms. The number of carbonyl (C=O) groups excluding carboxylic acids is 1. The van der Waals surface area contributed by atoms with Crippen LogP contribution in [0.2, 0.25) is 0 Å². The Balaban J connectivity index is 1.74. The summed E-state index contributed by atoms with van der Waals surface area (Å²) >= 11 is 5.78. The lowest BCUT2D eigenvalue weighted by molar-refractivity contribution is -0.128. The number of amides is 1. The van der Waals surface area contributed by atoms with Crippen LogP contribution in [0.1, 0.15) is 29.7 Å². The first-order chi connectivity index (χ1) is 15.5. The Morgan fingerprint density at radius 1 is 1.03 bits per heavy atom. The van der Waals surface area contributed by atoms with Crippen molar-refractivity contribution in [1.82, 2.24) is 9.80 Å². The van der Waals surface area contributed by atoms with Crippen LogP contribution in [0.4, 0.5) is 0 Å². The van der Waals surface area contributed by atoms with Gasteiger partial charge < -0.3 is 28.6 Å². The first kappa shape index (κ1) is 20.7. The van der Waals surface area contributed by atoms with Gasteiger partial charge in [0.05, 0.1) is 27.4 Å². The number of thiocarbonyl (C=S) groups is 1. The minimum Gasteiger partial charge on any atom is -0.493 e. The predicted molar refractivity (Wildman–Crippen MR) is 120 cm³/mol. The van der Waals surface area contributed by atoms with Crippen LogP contribution in [0, 0.1) is 0 Å². The molecule has 0 radical (unpaired) electrons. The van der Waals surface area contributed by atoms with Gasteiger partial charge in [-0.15, -0.1) is 0 Å². The van der Waals surface area contributed by atoms with E-state index in [1.54, 1.807) is 26.2 Å². The van der Waals surface area contributed by atoms with Gasteiger partial charge in [0.15, 0.2) is 28.1 Å². The third kappa shape index (κ3) is 2.87. The fraction of sp³-hybridized carbons (Fsp3) is 0.391. The van der Waals surface area contributed by atoms with Crippen molar-refractivity contribution in [3.8, 4) is 28.7 Å². The van der Waals surface area contributed by atoms with Crippen LogP contribution in [-0.2, 0) is 11.2 Å². The second-order valence-corrected chi connectivity index (χ2v) is 8.12. The summed E-state index contributed by atoms with van der Waals surface area (Å²) in [5, 5.41) is 0.518. The molecule has 3 heterocycles. The summed E-state index contributed by atoms with van der Waals surface area (Å²) in [5.41, 5.74) is 2.91. The minimum absolute atomic E-state index is 0.0123. The van der Waals surface area contributed by atoms with Crippen LogP contribution in [-0.4, -0.2) is 61.5 Å². The van der Waals surface area contributed by atoms with Gasteiger partial charge in [-0.05, 0) is 60.1 Å². The van der Waals surface area contributed by atoms with E-state index in [-0.39, 0.29) is 24.8 Å². The number of likely N-dealkylation sites (N-methyl/N-ethyl adjacent to an activating group) is 1. The highest BCUT2D eigenvalue weighted by Crippen LogP contribution is 2.49. The molecule has 0 aromatic heterocycles. The highest BCUT2D eigenvalue weighted by molar-refractivity contribution is 7.80. The Labute approximate surface area is 191 Å². The molecule has 0 aliphatic carbocycles. The molecule has 0 N–H and O–H groups in total. The van der Waals surface area contributed by atoms with Crippen molar-refractivity contribution >= 4 is 23.2 Å². The van der Waals surface area contributed by atoms with Gasteiger partial charge in [-0.3, -0.25) is 9.69 Å². The van der Waals surface area contributed by atoms with E-state index in [1.807, 2.05) is 36.1 Å². The Bertz CT molecular complexity index is 1090. The number of rotatable bonds is 5. The molecule has 2 aromatic carbocycles. The third-order valence-electron chi connectivity index (χ3n) is 6.28. The van der Waals surface area contributed by atoms with Crippen LogP contribution in [0.15, 0.2) is 24.3 Å². The molecule has 0 unspecified atom stereocenters. The molecule has 1 saturated heterocycles. The zero-order chi connectivity index (χ0) is 22.6. The van der Waals surface area contributed by atoms with Gasteiger partial charge in [0.1, 0.15) is 6.04 Å². The number of benzene rings is 2. The molecule has 168 valence electrons. The van der Waals surface area contributed by atoms with Crippen LogP contribution < -0.4 is 23.7 Å². The lowest BCUT2D eigenvalue weighted by atomic mass is 9.84. The van der Waals surface area contributed by atoms with E-state index in [0.717, 1.165) is 16.7 Å². The van der Waals surface area contributed by atoms with E-state index >= 15 is 0 Å². The first-order valence-corrected chi connectivity index (χ1v) is 10.8. The fourth-order valence-corrected chi connectivity index (χ4v) is 5.27. The average Bonchev–Trinajstić information content (AvgIpc) is 3.36. The van der Waals surface area contributed by atoms with Crippen molar-refractivity contribution in [3.63, 3.8) is 0 Å². The van der Waals surface area contributed by atoms with Gasteiger partial charge in [0.2, 0.25) is 12.5 Å². The molecule has 3 aliphatic heterocycles. The number of hydrogen-bond donors (Lipinski definition) is 0. The zero-order valence-corrected chi connectivity index (χ0v) is 19.2. The Morgan fingerprint density at radius 3 is 2.28 bits per heavy atom. The standard InChI is InChI=1S/C23H24N2O6S/c1-5-24-22(26)15-6-12-7-16-17(31-11-30-16)10-14(12)20(25(15)23(24)32)13-8-18(27-2)21(29-4)19(9-13)28-3/h7-10,15,20H,5-6,11H2,1-4H3/t15-,20+/m0/s1. The maximum absolute atomic E-state index is 13.2. The number of nitrogens with zero attached hydrogens (tertiary/aromatic N) is 2. The zero-order valence-electron chi connectivity index (χ0n) is 18.3. The van der Waals surface area contributed by atoms with E-state index in [0.29, 0.717) is 46.8 Å². The normalized spacial score (nSPS) is 20.9. The summed E-state index contributed by atoms with van der Waals surface area (Å²) in [7, 11) is 4.74. The molecule has 5 rings (SSSR count). The van der Waals surface area contributed by atoms with Crippen molar-refractivity contribution < 1.29 is 28.5 Å². The van der Waals surface area contributed by atoms with Gasteiger partial charge in [0, 0.05) is 13.0 Å². The molecule has 0 spiro atoms. The number of hydrogen-bond acceptors (Lipinski definition) is 7. The van der Waals surface area contributed by atoms with E-state index in [1.165, 1.54) is 0 Å². The highest BCUT2D eigenvalue weighted by Gasteiger charge is 2.49. The van der Waals surface area contributed by atoms with E-state index in [9.17, 15) is 4.79 Å². The van der Waals surface area contributed by atoms with E-state index in [2.05, 4.69) is 0 Å². The van der Waals surface area contributed by atoms with Crippen molar-refractivity contribution in [2.75, 3.05) is 34.7 Å². The maximum Gasteiger partial charge on any atom is 0.251 e. The Hall–Kier alpha value is -3.20. The largest absolute Gasteiger partial charge is 0.493 e. The van der Waals surface area contributed by atoms with E-state index in [4.69, 9.17) is 35.9 Å². The summed E-state index contributed by atoms with van der Waals surface area (Å²) in [6.07, 6.45) is 0.544. The maximum atomic E-state index is 13.2. The lowest BCUT2D eigenvalue weighted by Crippen LogP contribution is -2.44. The van der Waals surface area contributed by atoms with Crippen molar-refractivity contribution in [1.29, 1.82) is 0 Å². The van der Waals surface area contributed by atoms with Crippen LogP contribution in [0.3, 0.4) is 0 Å². The molecule has 2 atom stereocenters. The topological polar surface area (TPSA) is 69.7 Å². The molecule has 1 fully saturated rings. The molecule has 9 heteroatoms. The second kappa shape index (κ2) is 7.74. The van der Waals surface area contributed by atoms with Gasteiger partial charge in [-0.2, -0.15) is 0 Å². The molecule has 0 bridgehead atoms.